The SMILES string of the molecule is [O-][N+]1(c2nc(N3CCNCC3)nc3nc(NCc4ccccc4)cnc23)CCSCC1. The third-order valence-electron chi connectivity index (χ3n) is 5.67. The van der Waals surface area contributed by atoms with Crippen molar-refractivity contribution < 1.29 is 0 Å². The Kier molecular flexibility index (Phi) is 5.86. The van der Waals surface area contributed by atoms with Crippen LogP contribution in [0.3, 0.4) is 0 Å². The van der Waals surface area contributed by atoms with Gasteiger partial charge in [-0.3, -0.25) is 0 Å². The van der Waals surface area contributed by atoms with E-state index >= 15 is 0 Å². The molecule has 162 valence electrons. The summed E-state index contributed by atoms with van der Waals surface area (Å²) in [5, 5.41) is 20.3. The smallest absolute Gasteiger partial charge is 0.261 e. The fraction of sp³-hybridized carbons (Fsp3) is 0.429. The first kappa shape index (κ1) is 20.4. The van der Waals surface area contributed by atoms with Crippen molar-refractivity contribution in [3.05, 3.63) is 47.3 Å². The lowest BCUT2D eigenvalue weighted by molar-refractivity contribution is 0.399. The molecule has 0 radical (unpaired) electrons. The molecule has 9 nitrogen and oxygen atoms in total. The standard InChI is InChI=1S/C21H26N8OS/c30-29(10-12-31-13-11-29)20-18-19(26-21(27-20)28-8-6-22-7-9-28)25-17(15-24-18)23-14-16-4-2-1-3-5-16/h1-5,15,22H,6-14H2,(H,23,25,26,27). The predicted molar refractivity (Wildman–Crippen MR) is 126 cm³/mol. The summed E-state index contributed by atoms with van der Waals surface area (Å²) in [6.45, 7) is 4.98. The second-order valence-electron chi connectivity index (χ2n) is 7.80. The summed E-state index contributed by atoms with van der Waals surface area (Å²) in [4.78, 5) is 20.9. The number of benzene rings is 1. The van der Waals surface area contributed by atoms with Crippen LogP contribution in [0, 0.1) is 5.21 Å². The Bertz CT molecular complexity index is 1040. The molecule has 5 rings (SSSR count). The molecule has 2 N–H and O–H groups in total. The molecule has 0 aliphatic carbocycles. The Balaban J connectivity index is 1.52. The van der Waals surface area contributed by atoms with Gasteiger partial charge in [0.2, 0.25) is 5.95 Å². The zero-order valence-corrected chi connectivity index (χ0v) is 18.1. The average molecular weight is 439 g/mol. The molecule has 1 aromatic carbocycles. The van der Waals surface area contributed by atoms with E-state index in [0.717, 1.165) is 43.2 Å². The van der Waals surface area contributed by atoms with Crippen LogP contribution in [0.2, 0.25) is 0 Å². The van der Waals surface area contributed by atoms with Crippen LogP contribution in [0.5, 0.6) is 0 Å². The fourth-order valence-corrected chi connectivity index (χ4v) is 4.95. The first-order chi connectivity index (χ1) is 15.2. The van der Waals surface area contributed by atoms with Crippen molar-refractivity contribution in [2.75, 3.05) is 61.0 Å². The monoisotopic (exact) mass is 438 g/mol. The first-order valence-electron chi connectivity index (χ1n) is 10.7. The van der Waals surface area contributed by atoms with Crippen molar-refractivity contribution >= 4 is 40.5 Å². The number of quaternary nitrogens is 1. The molecule has 10 heteroatoms. The maximum atomic E-state index is 13.7. The van der Waals surface area contributed by atoms with E-state index in [0.29, 0.717) is 48.4 Å². The molecule has 2 saturated heterocycles. The number of thioether (sulfide) groups is 1. The number of piperazine rings is 1. The quantitative estimate of drug-likeness (QED) is 0.457. The molecule has 2 aliphatic heterocycles. The number of rotatable bonds is 5. The van der Waals surface area contributed by atoms with Crippen LogP contribution >= 0.6 is 11.8 Å². The molecule has 0 atom stereocenters. The van der Waals surface area contributed by atoms with Gasteiger partial charge in [-0.1, -0.05) is 30.3 Å². The van der Waals surface area contributed by atoms with E-state index in [2.05, 4.69) is 32.7 Å². The number of anilines is 2. The van der Waals surface area contributed by atoms with Crippen molar-refractivity contribution in [2.24, 2.45) is 0 Å². The number of hydroxylamine groups is 2. The number of nitrogens with one attached hydrogen (secondary N) is 2. The van der Waals surface area contributed by atoms with E-state index in [9.17, 15) is 5.21 Å². The van der Waals surface area contributed by atoms with Crippen LogP contribution in [0.25, 0.3) is 11.2 Å². The van der Waals surface area contributed by atoms with E-state index in [1.807, 2.05) is 30.0 Å². The minimum absolute atomic E-state index is 0.445. The van der Waals surface area contributed by atoms with Gasteiger partial charge in [-0.05, 0) is 5.56 Å². The minimum Gasteiger partial charge on any atom is -0.626 e. The molecule has 3 aromatic rings. The number of fused-ring (bicyclic) bond motifs is 1. The van der Waals surface area contributed by atoms with Gasteiger partial charge in [-0.15, -0.1) is 0 Å². The van der Waals surface area contributed by atoms with Gasteiger partial charge in [-0.25, -0.2) is 9.97 Å². The van der Waals surface area contributed by atoms with Crippen molar-refractivity contribution in [2.45, 2.75) is 6.54 Å². The fourth-order valence-electron chi connectivity index (χ4n) is 3.90. The van der Waals surface area contributed by atoms with E-state index in [1.165, 1.54) is 0 Å². The topological polar surface area (TPSA) is 102 Å². The van der Waals surface area contributed by atoms with Crippen molar-refractivity contribution in [1.82, 2.24) is 29.9 Å². The molecule has 2 fully saturated rings. The van der Waals surface area contributed by atoms with Crippen LogP contribution in [-0.4, -0.2) is 70.7 Å². The predicted octanol–water partition coefficient (Wildman–Crippen LogP) is 1.99. The van der Waals surface area contributed by atoms with Gasteiger partial charge in [0.05, 0.1) is 19.3 Å². The van der Waals surface area contributed by atoms with Gasteiger partial charge in [0.1, 0.15) is 5.82 Å². The normalized spacial score (nSPS) is 18.8. The number of hydrogen-bond acceptors (Lipinski definition) is 9. The number of hydrogen-bond donors (Lipinski definition) is 2. The molecular formula is C21H26N8OS. The summed E-state index contributed by atoms with van der Waals surface area (Å²) in [5.41, 5.74) is 2.14. The van der Waals surface area contributed by atoms with E-state index in [4.69, 9.17) is 15.0 Å². The summed E-state index contributed by atoms with van der Waals surface area (Å²) in [7, 11) is 0. The van der Waals surface area contributed by atoms with E-state index in [-0.39, 0.29) is 0 Å². The van der Waals surface area contributed by atoms with E-state index < -0.39 is 4.65 Å². The number of nitrogens with zero attached hydrogens (tertiary/aromatic N) is 6. The van der Waals surface area contributed by atoms with Gasteiger partial charge < -0.3 is 25.4 Å². The summed E-state index contributed by atoms with van der Waals surface area (Å²) in [6.07, 6.45) is 1.67. The largest absolute Gasteiger partial charge is 0.626 e. The van der Waals surface area contributed by atoms with Crippen molar-refractivity contribution in [3.8, 4) is 0 Å². The Morgan fingerprint density at radius 1 is 1.06 bits per heavy atom. The molecule has 0 bridgehead atoms. The Hall–Kier alpha value is -2.53. The zero-order chi connectivity index (χ0) is 21.1. The lowest BCUT2D eigenvalue weighted by Crippen LogP contribution is -2.50. The minimum atomic E-state index is -0.462. The lowest BCUT2D eigenvalue weighted by atomic mass is 10.2. The molecule has 0 spiro atoms. The summed E-state index contributed by atoms with van der Waals surface area (Å²) >= 11 is 1.81. The second kappa shape index (κ2) is 8.91. The molecule has 4 heterocycles. The van der Waals surface area contributed by atoms with Crippen LogP contribution in [0.1, 0.15) is 5.56 Å². The van der Waals surface area contributed by atoms with Gasteiger partial charge in [0.15, 0.2) is 11.2 Å². The molecule has 0 amide bonds. The highest BCUT2D eigenvalue weighted by Gasteiger charge is 2.31. The Labute approximate surface area is 185 Å². The van der Waals surface area contributed by atoms with Crippen LogP contribution in [0.15, 0.2) is 36.5 Å². The third-order valence-corrected chi connectivity index (χ3v) is 6.62. The molecule has 2 aromatic heterocycles. The molecule has 0 unspecified atom stereocenters. The maximum absolute atomic E-state index is 13.7. The van der Waals surface area contributed by atoms with Crippen molar-refractivity contribution in [1.29, 1.82) is 0 Å². The zero-order valence-electron chi connectivity index (χ0n) is 17.3. The van der Waals surface area contributed by atoms with Gasteiger partial charge in [-0.2, -0.15) is 21.7 Å². The first-order valence-corrected chi connectivity index (χ1v) is 11.8. The average Bonchev–Trinajstić information content (AvgIpc) is 2.83. The van der Waals surface area contributed by atoms with Crippen LogP contribution in [-0.2, 0) is 6.54 Å². The molecule has 0 saturated carbocycles. The Morgan fingerprint density at radius 2 is 1.84 bits per heavy atom. The molecule has 31 heavy (non-hydrogen) atoms. The van der Waals surface area contributed by atoms with Crippen LogP contribution in [0.4, 0.5) is 17.6 Å². The van der Waals surface area contributed by atoms with Crippen molar-refractivity contribution in [3.63, 3.8) is 0 Å². The van der Waals surface area contributed by atoms with E-state index in [1.54, 1.807) is 6.20 Å². The highest BCUT2D eigenvalue weighted by atomic mass is 32.2. The van der Waals surface area contributed by atoms with Crippen LogP contribution < -0.4 is 20.2 Å². The second-order valence-corrected chi connectivity index (χ2v) is 9.02. The highest BCUT2D eigenvalue weighted by molar-refractivity contribution is 7.99. The highest BCUT2D eigenvalue weighted by Crippen LogP contribution is 2.32. The van der Waals surface area contributed by atoms with Gasteiger partial charge >= 0.3 is 0 Å². The van der Waals surface area contributed by atoms with Gasteiger partial charge in [0, 0.05) is 44.2 Å². The molecular weight excluding hydrogens is 412 g/mol. The molecule has 2 aliphatic rings. The van der Waals surface area contributed by atoms with Gasteiger partial charge in [0.25, 0.3) is 5.82 Å². The summed E-state index contributed by atoms with van der Waals surface area (Å²) < 4.78 is -0.462. The lowest BCUT2D eigenvalue weighted by Gasteiger charge is -2.43. The summed E-state index contributed by atoms with van der Waals surface area (Å²) in [5.74, 6) is 3.30. The Morgan fingerprint density at radius 3 is 2.61 bits per heavy atom. The number of aromatic nitrogens is 4. The summed E-state index contributed by atoms with van der Waals surface area (Å²) in [6, 6.07) is 10.1. The third kappa shape index (κ3) is 4.42. The maximum Gasteiger partial charge on any atom is 0.261 e.